The van der Waals surface area contributed by atoms with Crippen molar-refractivity contribution in [2.45, 2.75) is 13.8 Å². The number of aromatic carboxylic acids is 1. The van der Waals surface area contributed by atoms with E-state index in [1.807, 2.05) is 0 Å². The number of carbonyl (C=O) groups is 1. The van der Waals surface area contributed by atoms with Gasteiger partial charge < -0.3 is 10.1 Å². The van der Waals surface area contributed by atoms with Crippen LogP contribution in [0, 0.1) is 19.7 Å². The molecule has 2 rings (SSSR count). The molecule has 0 unspecified atom stereocenters. The number of hydrogen-bond donors (Lipinski definition) is 2. The first kappa shape index (κ1) is 9.64. The summed E-state index contributed by atoms with van der Waals surface area (Å²) in [5.41, 5.74) is 1.09. The van der Waals surface area contributed by atoms with Crippen LogP contribution in [0.5, 0.6) is 0 Å². The average molecular weight is 208 g/mol. The van der Waals surface area contributed by atoms with E-state index >= 15 is 0 Å². The number of nitrogens with zero attached hydrogens (tertiary/aromatic N) is 1. The number of halogens is 1. The molecule has 0 bridgehead atoms. The van der Waals surface area contributed by atoms with E-state index in [2.05, 4.69) is 9.97 Å². The van der Waals surface area contributed by atoms with Crippen LogP contribution in [-0.2, 0) is 0 Å². The molecule has 78 valence electrons. The van der Waals surface area contributed by atoms with Gasteiger partial charge in [-0.1, -0.05) is 0 Å². The third-order valence-electron chi connectivity index (χ3n) is 2.42. The Morgan fingerprint density at radius 1 is 1.53 bits per heavy atom. The van der Waals surface area contributed by atoms with E-state index in [4.69, 9.17) is 5.11 Å². The SMILES string of the molecule is Cc1ncc2[nH]c(C(=O)O)c(C)c2c1F. The molecule has 0 radical (unpaired) electrons. The Morgan fingerprint density at radius 2 is 2.20 bits per heavy atom. The zero-order chi connectivity index (χ0) is 11.2. The highest BCUT2D eigenvalue weighted by Gasteiger charge is 2.17. The predicted octanol–water partition coefficient (Wildman–Crippen LogP) is 2.02. The lowest BCUT2D eigenvalue weighted by Crippen LogP contribution is -1.98. The first-order valence-electron chi connectivity index (χ1n) is 4.39. The molecule has 0 aliphatic rings. The number of fused-ring (bicyclic) bond motifs is 1. The van der Waals surface area contributed by atoms with Gasteiger partial charge in [-0.15, -0.1) is 0 Å². The smallest absolute Gasteiger partial charge is 0.352 e. The van der Waals surface area contributed by atoms with Gasteiger partial charge in [-0.2, -0.15) is 0 Å². The van der Waals surface area contributed by atoms with Crippen molar-refractivity contribution in [1.82, 2.24) is 9.97 Å². The fourth-order valence-corrected chi connectivity index (χ4v) is 1.61. The predicted molar refractivity (Wildman–Crippen MR) is 52.5 cm³/mol. The number of aromatic amines is 1. The highest BCUT2D eigenvalue weighted by atomic mass is 19.1. The molecule has 4 nitrogen and oxygen atoms in total. The number of carboxylic acids is 1. The molecule has 0 aliphatic heterocycles. The van der Waals surface area contributed by atoms with E-state index in [0.29, 0.717) is 16.5 Å². The maximum atomic E-state index is 13.7. The van der Waals surface area contributed by atoms with E-state index in [9.17, 15) is 9.18 Å². The lowest BCUT2D eigenvalue weighted by atomic mass is 10.1. The van der Waals surface area contributed by atoms with Gasteiger partial charge in [0.1, 0.15) is 5.69 Å². The van der Waals surface area contributed by atoms with Crippen LogP contribution in [0.2, 0.25) is 0 Å². The molecule has 0 spiro atoms. The number of pyridine rings is 1. The Hall–Kier alpha value is -1.91. The van der Waals surface area contributed by atoms with Crippen LogP contribution in [-0.4, -0.2) is 21.0 Å². The lowest BCUT2D eigenvalue weighted by Gasteiger charge is -1.97. The van der Waals surface area contributed by atoms with E-state index in [0.717, 1.165) is 0 Å². The number of H-pyrrole nitrogens is 1. The first-order valence-corrected chi connectivity index (χ1v) is 4.39. The van der Waals surface area contributed by atoms with Crippen molar-refractivity contribution in [2.24, 2.45) is 0 Å². The molecular formula is C10H9FN2O2. The molecule has 2 aromatic rings. The Morgan fingerprint density at radius 3 is 2.80 bits per heavy atom. The first-order chi connectivity index (χ1) is 7.02. The molecule has 2 N–H and O–H groups in total. The summed E-state index contributed by atoms with van der Waals surface area (Å²) in [5, 5.41) is 9.16. The van der Waals surface area contributed by atoms with Crippen LogP contribution in [0.25, 0.3) is 10.9 Å². The monoisotopic (exact) mass is 208 g/mol. The lowest BCUT2D eigenvalue weighted by molar-refractivity contribution is 0.0691. The third kappa shape index (κ3) is 1.27. The Balaban J connectivity index is 2.89. The minimum Gasteiger partial charge on any atom is -0.477 e. The summed E-state index contributed by atoms with van der Waals surface area (Å²) in [6.07, 6.45) is 1.44. The van der Waals surface area contributed by atoms with Crippen molar-refractivity contribution in [1.29, 1.82) is 0 Å². The fourth-order valence-electron chi connectivity index (χ4n) is 1.61. The van der Waals surface area contributed by atoms with E-state index in [-0.39, 0.29) is 11.4 Å². The molecular weight excluding hydrogens is 199 g/mol. The van der Waals surface area contributed by atoms with Gasteiger partial charge in [-0.3, -0.25) is 4.98 Å². The molecule has 0 saturated heterocycles. The second-order valence-corrected chi connectivity index (χ2v) is 3.38. The number of nitrogens with one attached hydrogen (secondary N) is 1. The number of aryl methyl sites for hydroxylation is 2. The van der Waals surface area contributed by atoms with Gasteiger partial charge in [0.2, 0.25) is 0 Å². The van der Waals surface area contributed by atoms with Crippen LogP contribution in [0.3, 0.4) is 0 Å². The maximum Gasteiger partial charge on any atom is 0.352 e. The molecule has 2 aromatic heterocycles. The Labute approximate surface area is 84.8 Å². The van der Waals surface area contributed by atoms with Gasteiger partial charge in [0.25, 0.3) is 0 Å². The van der Waals surface area contributed by atoms with Gasteiger partial charge in [0.15, 0.2) is 5.82 Å². The minimum absolute atomic E-state index is 0.0105. The van der Waals surface area contributed by atoms with Crippen molar-refractivity contribution >= 4 is 16.9 Å². The molecule has 0 fully saturated rings. The summed E-state index contributed by atoms with van der Waals surface area (Å²) in [4.78, 5) is 17.3. The molecule has 2 heterocycles. The van der Waals surface area contributed by atoms with Crippen molar-refractivity contribution in [2.75, 3.05) is 0 Å². The summed E-state index contributed by atoms with van der Waals surface area (Å²) in [5.74, 6) is -1.56. The highest BCUT2D eigenvalue weighted by molar-refractivity contribution is 5.97. The normalized spacial score (nSPS) is 10.9. The quantitative estimate of drug-likeness (QED) is 0.753. The average Bonchev–Trinajstić information content (AvgIpc) is 2.50. The van der Waals surface area contributed by atoms with Crippen LogP contribution in [0.15, 0.2) is 6.20 Å². The highest BCUT2D eigenvalue weighted by Crippen LogP contribution is 2.25. The van der Waals surface area contributed by atoms with Crippen molar-refractivity contribution < 1.29 is 14.3 Å². The third-order valence-corrected chi connectivity index (χ3v) is 2.42. The van der Waals surface area contributed by atoms with Gasteiger partial charge in [0, 0.05) is 5.39 Å². The van der Waals surface area contributed by atoms with Gasteiger partial charge in [0.05, 0.1) is 17.4 Å². The molecule has 0 atom stereocenters. The van der Waals surface area contributed by atoms with Gasteiger partial charge in [-0.05, 0) is 19.4 Å². The Bertz CT molecular complexity index is 560. The van der Waals surface area contributed by atoms with Crippen molar-refractivity contribution in [3.63, 3.8) is 0 Å². The largest absolute Gasteiger partial charge is 0.477 e. The van der Waals surface area contributed by atoms with Crippen LogP contribution in [0.1, 0.15) is 21.7 Å². The van der Waals surface area contributed by atoms with E-state index < -0.39 is 11.8 Å². The summed E-state index contributed by atoms with van der Waals surface area (Å²) in [7, 11) is 0. The minimum atomic E-state index is -1.10. The molecule has 0 aliphatic carbocycles. The zero-order valence-corrected chi connectivity index (χ0v) is 8.26. The molecule has 0 amide bonds. The number of rotatable bonds is 1. The second-order valence-electron chi connectivity index (χ2n) is 3.38. The van der Waals surface area contributed by atoms with Gasteiger partial charge >= 0.3 is 5.97 Å². The fraction of sp³-hybridized carbons (Fsp3) is 0.200. The number of carboxylic acid groups (broad SMARTS) is 1. The molecule has 5 heteroatoms. The van der Waals surface area contributed by atoms with Crippen molar-refractivity contribution in [3.8, 4) is 0 Å². The summed E-state index contributed by atoms with van der Waals surface area (Å²) in [6.45, 7) is 3.12. The van der Waals surface area contributed by atoms with E-state index in [1.54, 1.807) is 13.8 Å². The number of hydrogen-bond acceptors (Lipinski definition) is 2. The topological polar surface area (TPSA) is 66.0 Å². The van der Waals surface area contributed by atoms with Gasteiger partial charge in [-0.25, -0.2) is 9.18 Å². The number of aromatic nitrogens is 2. The van der Waals surface area contributed by atoms with Crippen LogP contribution < -0.4 is 0 Å². The standard InChI is InChI=1S/C10H9FN2O2/c1-4-7-6(13-9(4)10(14)15)3-12-5(2)8(7)11/h3,13H,1-2H3,(H,14,15). The summed E-state index contributed by atoms with van der Waals surface area (Å²) in [6, 6.07) is 0. The molecule has 15 heavy (non-hydrogen) atoms. The Kier molecular flexibility index (Phi) is 1.96. The van der Waals surface area contributed by atoms with Crippen LogP contribution >= 0.6 is 0 Å². The molecule has 0 aromatic carbocycles. The summed E-state index contributed by atoms with van der Waals surface area (Å²) < 4.78 is 13.7. The second kappa shape index (κ2) is 3.05. The van der Waals surface area contributed by atoms with E-state index in [1.165, 1.54) is 6.20 Å². The maximum absolute atomic E-state index is 13.7. The molecule has 0 saturated carbocycles. The summed E-state index contributed by atoms with van der Waals surface area (Å²) >= 11 is 0. The van der Waals surface area contributed by atoms with Crippen LogP contribution in [0.4, 0.5) is 4.39 Å². The van der Waals surface area contributed by atoms with Crippen molar-refractivity contribution in [3.05, 3.63) is 29.0 Å². The zero-order valence-electron chi connectivity index (χ0n) is 8.26.